The monoisotopic (exact) mass is 325 g/mol. The lowest BCUT2D eigenvalue weighted by atomic mass is 10.1. The minimum atomic E-state index is -3.02. The predicted octanol–water partition coefficient (Wildman–Crippen LogP) is 1.57. The number of hydrogen-bond donors (Lipinski definition) is 1. The van der Waals surface area contributed by atoms with Gasteiger partial charge in [0.25, 0.3) is 0 Å². The lowest BCUT2D eigenvalue weighted by molar-refractivity contribution is -0.124. The van der Waals surface area contributed by atoms with Crippen LogP contribution in [-0.4, -0.2) is 39.0 Å². The Hall–Kier alpha value is -1.56. The van der Waals surface area contributed by atoms with Crippen LogP contribution >= 0.6 is 0 Å². The van der Waals surface area contributed by atoms with Crippen molar-refractivity contribution in [3.63, 3.8) is 0 Å². The Labute approximate surface area is 132 Å². The molecular weight excluding hydrogens is 302 g/mol. The molecule has 1 atom stereocenters. The molecule has 0 saturated carbocycles. The van der Waals surface area contributed by atoms with E-state index in [1.807, 2.05) is 24.3 Å². The second-order valence-corrected chi connectivity index (χ2v) is 7.83. The van der Waals surface area contributed by atoms with Gasteiger partial charge in [0.15, 0.2) is 9.84 Å². The fraction of sp³-hybridized carbons (Fsp3) is 0.562. The zero-order valence-electron chi connectivity index (χ0n) is 12.9. The number of para-hydroxylation sites is 1. The Kier molecular flexibility index (Phi) is 5.83. The van der Waals surface area contributed by atoms with Crippen LogP contribution in [-0.2, 0) is 21.1 Å². The summed E-state index contributed by atoms with van der Waals surface area (Å²) in [4.78, 5) is 12.0. The van der Waals surface area contributed by atoms with E-state index in [1.54, 1.807) is 0 Å². The van der Waals surface area contributed by atoms with E-state index in [2.05, 4.69) is 12.2 Å². The van der Waals surface area contributed by atoms with Gasteiger partial charge in [-0.2, -0.15) is 0 Å². The van der Waals surface area contributed by atoms with E-state index < -0.39 is 15.8 Å². The maximum Gasteiger partial charge on any atom is 0.224 e. The molecule has 1 fully saturated rings. The molecule has 2 rings (SSSR count). The molecule has 1 aromatic rings. The first kappa shape index (κ1) is 16.8. The molecule has 1 aliphatic rings. The van der Waals surface area contributed by atoms with Gasteiger partial charge in [-0.05, 0) is 30.9 Å². The molecule has 1 saturated heterocycles. The van der Waals surface area contributed by atoms with Crippen LogP contribution in [0.25, 0.3) is 0 Å². The van der Waals surface area contributed by atoms with Gasteiger partial charge in [-0.25, -0.2) is 8.42 Å². The molecule has 1 heterocycles. The smallest absolute Gasteiger partial charge is 0.224 e. The van der Waals surface area contributed by atoms with Crippen molar-refractivity contribution in [3.8, 4) is 5.75 Å². The van der Waals surface area contributed by atoms with Crippen LogP contribution < -0.4 is 10.1 Å². The highest BCUT2D eigenvalue weighted by Gasteiger charge is 2.32. The molecule has 0 bridgehead atoms. The lowest BCUT2D eigenvalue weighted by Crippen LogP contribution is -2.32. The van der Waals surface area contributed by atoms with Crippen molar-refractivity contribution in [2.45, 2.75) is 26.2 Å². The first-order valence-electron chi connectivity index (χ1n) is 7.70. The fourth-order valence-corrected chi connectivity index (χ4v) is 4.27. The topological polar surface area (TPSA) is 72.5 Å². The number of amides is 1. The number of carbonyl (C=O) groups is 1. The molecule has 122 valence electrons. The molecule has 22 heavy (non-hydrogen) atoms. The zero-order valence-corrected chi connectivity index (χ0v) is 13.7. The minimum Gasteiger partial charge on any atom is -0.493 e. The quantitative estimate of drug-likeness (QED) is 0.826. The van der Waals surface area contributed by atoms with E-state index in [9.17, 15) is 13.2 Å². The highest BCUT2D eigenvalue weighted by molar-refractivity contribution is 7.91. The highest BCUT2D eigenvalue weighted by Crippen LogP contribution is 2.20. The first-order valence-corrected chi connectivity index (χ1v) is 9.53. The van der Waals surface area contributed by atoms with Crippen molar-refractivity contribution >= 4 is 15.7 Å². The standard InChI is InChI=1S/C16H23NO4S/c1-2-10-21-15-6-4-3-5-13(15)7-9-17-16(18)14-8-11-22(19,20)12-14/h3-6,14H,2,7-12H2,1H3,(H,17,18)/t14-/m0/s1. The molecular formula is C16H23NO4S. The van der Waals surface area contributed by atoms with Gasteiger partial charge in [-0.3, -0.25) is 4.79 Å². The normalized spacial score (nSPS) is 19.8. The van der Waals surface area contributed by atoms with Gasteiger partial charge in [0.1, 0.15) is 5.75 Å². The summed E-state index contributed by atoms with van der Waals surface area (Å²) in [6, 6.07) is 7.78. The minimum absolute atomic E-state index is 0.0188. The second kappa shape index (κ2) is 7.63. The van der Waals surface area contributed by atoms with Gasteiger partial charge < -0.3 is 10.1 Å². The Balaban J connectivity index is 1.82. The number of rotatable bonds is 7. The third-order valence-corrected chi connectivity index (χ3v) is 5.50. The lowest BCUT2D eigenvalue weighted by Gasteiger charge is -2.12. The average molecular weight is 325 g/mol. The molecule has 0 aromatic heterocycles. The van der Waals surface area contributed by atoms with E-state index in [0.29, 0.717) is 26.0 Å². The van der Waals surface area contributed by atoms with Crippen molar-refractivity contribution < 1.29 is 17.9 Å². The van der Waals surface area contributed by atoms with E-state index in [-0.39, 0.29) is 17.4 Å². The Morgan fingerprint density at radius 3 is 2.82 bits per heavy atom. The molecule has 0 radical (unpaired) electrons. The number of nitrogens with one attached hydrogen (secondary N) is 1. The summed E-state index contributed by atoms with van der Waals surface area (Å²) in [6.07, 6.45) is 2.05. The van der Waals surface area contributed by atoms with E-state index in [4.69, 9.17) is 4.74 Å². The van der Waals surface area contributed by atoms with E-state index in [1.165, 1.54) is 0 Å². The molecule has 1 aliphatic heterocycles. The molecule has 0 spiro atoms. The number of hydrogen-bond acceptors (Lipinski definition) is 4. The molecule has 1 N–H and O–H groups in total. The summed E-state index contributed by atoms with van der Waals surface area (Å²) in [5.41, 5.74) is 1.05. The third-order valence-electron chi connectivity index (χ3n) is 3.73. The van der Waals surface area contributed by atoms with Crippen LogP contribution in [0.15, 0.2) is 24.3 Å². The van der Waals surface area contributed by atoms with Crippen molar-refractivity contribution in [3.05, 3.63) is 29.8 Å². The molecule has 0 aliphatic carbocycles. The SMILES string of the molecule is CCCOc1ccccc1CCNC(=O)[C@H]1CCS(=O)(=O)C1. The highest BCUT2D eigenvalue weighted by atomic mass is 32.2. The Morgan fingerprint density at radius 1 is 1.36 bits per heavy atom. The average Bonchev–Trinajstić information content (AvgIpc) is 2.86. The van der Waals surface area contributed by atoms with Gasteiger partial charge >= 0.3 is 0 Å². The summed E-state index contributed by atoms with van der Waals surface area (Å²) >= 11 is 0. The Bertz CT molecular complexity index is 612. The summed E-state index contributed by atoms with van der Waals surface area (Å²) in [5, 5.41) is 2.84. The van der Waals surface area contributed by atoms with Crippen molar-refractivity contribution in [2.75, 3.05) is 24.7 Å². The maximum atomic E-state index is 12.0. The van der Waals surface area contributed by atoms with Crippen molar-refractivity contribution in [1.82, 2.24) is 5.32 Å². The number of benzene rings is 1. The maximum absolute atomic E-state index is 12.0. The molecule has 1 aromatic carbocycles. The van der Waals surface area contributed by atoms with Crippen LogP contribution in [0.4, 0.5) is 0 Å². The zero-order chi connectivity index (χ0) is 16.0. The Morgan fingerprint density at radius 2 is 2.14 bits per heavy atom. The van der Waals surface area contributed by atoms with Gasteiger partial charge in [0.05, 0.1) is 24.0 Å². The number of carbonyl (C=O) groups excluding carboxylic acids is 1. The van der Waals surface area contributed by atoms with E-state index in [0.717, 1.165) is 17.7 Å². The van der Waals surface area contributed by atoms with Gasteiger partial charge in [-0.1, -0.05) is 25.1 Å². The van der Waals surface area contributed by atoms with Crippen LogP contribution in [0, 0.1) is 5.92 Å². The van der Waals surface area contributed by atoms with Gasteiger partial charge in [0, 0.05) is 6.54 Å². The molecule has 0 unspecified atom stereocenters. The van der Waals surface area contributed by atoms with Crippen molar-refractivity contribution in [1.29, 1.82) is 0 Å². The van der Waals surface area contributed by atoms with Crippen LogP contribution in [0.5, 0.6) is 5.75 Å². The van der Waals surface area contributed by atoms with Crippen LogP contribution in [0.2, 0.25) is 0 Å². The first-order chi connectivity index (χ1) is 10.5. The largest absolute Gasteiger partial charge is 0.493 e. The van der Waals surface area contributed by atoms with Gasteiger partial charge in [0.2, 0.25) is 5.91 Å². The fourth-order valence-electron chi connectivity index (χ4n) is 2.53. The van der Waals surface area contributed by atoms with Crippen LogP contribution in [0.3, 0.4) is 0 Å². The summed E-state index contributed by atoms with van der Waals surface area (Å²) in [7, 11) is -3.02. The van der Waals surface area contributed by atoms with Gasteiger partial charge in [-0.15, -0.1) is 0 Å². The third kappa shape index (κ3) is 4.73. The molecule has 5 nitrogen and oxygen atoms in total. The predicted molar refractivity (Wildman–Crippen MR) is 85.7 cm³/mol. The van der Waals surface area contributed by atoms with Crippen LogP contribution in [0.1, 0.15) is 25.3 Å². The number of sulfone groups is 1. The molecule has 6 heteroatoms. The number of ether oxygens (including phenoxy) is 1. The summed E-state index contributed by atoms with van der Waals surface area (Å²) < 4.78 is 28.5. The molecule has 1 amide bonds. The van der Waals surface area contributed by atoms with E-state index >= 15 is 0 Å². The summed E-state index contributed by atoms with van der Waals surface area (Å²) in [5.74, 6) is 0.403. The van der Waals surface area contributed by atoms with Crippen molar-refractivity contribution in [2.24, 2.45) is 5.92 Å². The second-order valence-electron chi connectivity index (χ2n) is 5.60. The summed E-state index contributed by atoms with van der Waals surface area (Å²) in [6.45, 7) is 3.21.